The average molecular weight is 233 g/mol. The lowest BCUT2D eigenvalue weighted by atomic mass is 10.0. The van der Waals surface area contributed by atoms with Crippen molar-refractivity contribution in [2.45, 2.75) is 12.5 Å². The van der Waals surface area contributed by atoms with Crippen molar-refractivity contribution in [3.63, 3.8) is 0 Å². The van der Waals surface area contributed by atoms with Crippen LogP contribution in [0, 0.1) is 0 Å². The molecule has 6 heteroatoms. The fraction of sp³-hybridized carbons (Fsp3) is 0.889. The summed E-state index contributed by atoms with van der Waals surface area (Å²) in [6.07, 6.45) is 0. The van der Waals surface area contributed by atoms with Crippen LogP contribution in [0.1, 0.15) is 6.92 Å². The van der Waals surface area contributed by atoms with Gasteiger partial charge in [-0.25, -0.2) is 0 Å². The number of amides is 1. The summed E-state index contributed by atoms with van der Waals surface area (Å²) in [5.41, 5.74) is 4.64. The molecule has 0 spiro atoms. The van der Waals surface area contributed by atoms with E-state index in [1.54, 1.807) is 14.0 Å². The second-order valence-electron chi connectivity index (χ2n) is 4.07. The first-order chi connectivity index (χ1) is 6.98. The van der Waals surface area contributed by atoms with Gasteiger partial charge >= 0.3 is 0 Å². The summed E-state index contributed by atoms with van der Waals surface area (Å²) in [7, 11) is 1.05. The minimum Gasteiger partial charge on any atom is -0.368 e. The zero-order chi connectivity index (χ0) is 11.5. The van der Waals surface area contributed by atoms with Gasteiger partial charge < -0.3 is 11.1 Å². The van der Waals surface area contributed by atoms with E-state index in [-0.39, 0.29) is 5.91 Å². The Kier molecular flexibility index (Phi) is 4.24. The maximum absolute atomic E-state index is 11.3. The number of hydrogen-bond acceptors (Lipinski definition) is 4. The lowest BCUT2D eigenvalue weighted by molar-refractivity contribution is -0.124. The standard InChI is InChI=1S/C9H19N3O2S/c1-9(11-2,8(10)13)7-12-3-5-15(14)6-4-12/h11H,3-7H2,1-2H3,(H2,10,13). The molecule has 1 atom stereocenters. The Labute approximate surface area is 92.8 Å². The van der Waals surface area contributed by atoms with Crippen LogP contribution in [-0.4, -0.2) is 58.7 Å². The van der Waals surface area contributed by atoms with E-state index in [2.05, 4.69) is 10.2 Å². The number of carbonyl (C=O) groups is 1. The van der Waals surface area contributed by atoms with Gasteiger partial charge in [-0.05, 0) is 14.0 Å². The summed E-state index contributed by atoms with van der Waals surface area (Å²) in [5.74, 6) is 1.04. The molecule has 1 fully saturated rings. The quantitative estimate of drug-likeness (QED) is 0.620. The first-order valence-corrected chi connectivity index (χ1v) is 6.53. The molecule has 1 aliphatic heterocycles. The molecule has 1 rings (SSSR count). The van der Waals surface area contributed by atoms with Crippen molar-refractivity contribution in [2.75, 3.05) is 38.2 Å². The highest BCUT2D eigenvalue weighted by atomic mass is 32.2. The Bertz CT molecular complexity index is 262. The molecule has 0 bridgehead atoms. The zero-order valence-corrected chi connectivity index (χ0v) is 10.1. The summed E-state index contributed by atoms with van der Waals surface area (Å²) < 4.78 is 11.2. The van der Waals surface area contributed by atoms with Gasteiger partial charge in [0.25, 0.3) is 0 Å². The molecule has 0 aromatic rings. The van der Waals surface area contributed by atoms with Crippen LogP contribution in [0.4, 0.5) is 0 Å². The van der Waals surface area contributed by atoms with Crippen LogP contribution >= 0.6 is 0 Å². The Morgan fingerprint density at radius 2 is 2.07 bits per heavy atom. The second kappa shape index (κ2) is 5.05. The van der Waals surface area contributed by atoms with Gasteiger partial charge in [0.2, 0.25) is 5.91 Å². The van der Waals surface area contributed by atoms with Gasteiger partial charge in [0.05, 0.1) is 0 Å². The lowest BCUT2D eigenvalue weighted by Gasteiger charge is -2.34. The smallest absolute Gasteiger partial charge is 0.238 e. The van der Waals surface area contributed by atoms with Crippen LogP contribution in [-0.2, 0) is 15.6 Å². The summed E-state index contributed by atoms with van der Waals surface area (Å²) in [6, 6.07) is 0. The maximum atomic E-state index is 11.3. The summed E-state index contributed by atoms with van der Waals surface area (Å²) in [5, 5.41) is 2.94. The van der Waals surface area contributed by atoms with Gasteiger partial charge in [0, 0.05) is 41.9 Å². The molecule has 1 saturated heterocycles. The Morgan fingerprint density at radius 1 is 1.53 bits per heavy atom. The van der Waals surface area contributed by atoms with E-state index in [0.29, 0.717) is 18.1 Å². The number of likely N-dealkylation sites (N-methyl/N-ethyl adjacent to an activating group) is 1. The number of hydrogen-bond donors (Lipinski definition) is 2. The van der Waals surface area contributed by atoms with E-state index < -0.39 is 16.3 Å². The highest BCUT2D eigenvalue weighted by molar-refractivity contribution is 7.85. The average Bonchev–Trinajstić information content (AvgIpc) is 2.21. The summed E-state index contributed by atoms with van der Waals surface area (Å²) in [4.78, 5) is 13.4. The minimum absolute atomic E-state index is 0.350. The first-order valence-electron chi connectivity index (χ1n) is 5.04. The van der Waals surface area contributed by atoms with Crippen LogP contribution in [0.5, 0.6) is 0 Å². The van der Waals surface area contributed by atoms with Crippen molar-refractivity contribution >= 4 is 16.7 Å². The van der Waals surface area contributed by atoms with E-state index in [4.69, 9.17) is 5.73 Å². The van der Waals surface area contributed by atoms with Crippen molar-refractivity contribution < 1.29 is 9.00 Å². The second-order valence-corrected chi connectivity index (χ2v) is 5.77. The Morgan fingerprint density at radius 3 is 2.47 bits per heavy atom. The molecule has 5 nitrogen and oxygen atoms in total. The van der Waals surface area contributed by atoms with E-state index in [0.717, 1.165) is 13.1 Å². The topological polar surface area (TPSA) is 75.4 Å². The molecule has 88 valence electrons. The molecule has 3 N–H and O–H groups in total. The number of primary amides is 1. The molecule has 15 heavy (non-hydrogen) atoms. The molecule has 0 aliphatic carbocycles. The van der Waals surface area contributed by atoms with Crippen molar-refractivity contribution in [1.82, 2.24) is 10.2 Å². The van der Waals surface area contributed by atoms with Gasteiger partial charge in [-0.15, -0.1) is 0 Å². The first kappa shape index (κ1) is 12.6. The normalized spacial score (nSPS) is 23.6. The van der Waals surface area contributed by atoms with Crippen molar-refractivity contribution in [1.29, 1.82) is 0 Å². The van der Waals surface area contributed by atoms with E-state index in [1.807, 2.05) is 0 Å². The van der Waals surface area contributed by atoms with Gasteiger partial charge in [0.1, 0.15) is 5.54 Å². The molecule has 1 unspecified atom stereocenters. The third-order valence-corrected chi connectivity index (χ3v) is 4.18. The number of nitrogens with one attached hydrogen (secondary N) is 1. The number of nitrogens with zero attached hydrogens (tertiary/aromatic N) is 1. The fourth-order valence-electron chi connectivity index (χ4n) is 1.56. The molecular weight excluding hydrogens is 214 g/mol. The highest BCUT2D eigenvalue weighted by Crippen LogP contribution is 2.08. The van der Waals surface area contributed by atoms with Crippen molar-refractivity contribution in [2.24, 2.45) is 5.73 Å². The van der Waals surface area contributed by atoms with Gasteiger partial charge in [-0.3, -0.25) is 13.9 Å². The van der Waals surface area contributed by atoms with Crippen LogP contribution in [0.15, 0.2) is 0 Å². The molecule has 0 aromatic heterocycles. The molecular formula is C9H19N3O2S. The Balaban J connectivity index is 2.52. The van der Waals surface area contributed by atoms with E-state index in [1.165, 1.54) is 0 Å². The molecule has 0 saturated carbocycles. The van der Waals surface area contributed by atoms with Gasteiger partial charge in [-0.1, -0.05) is 0 Å². The molecule has 0 aromatic carbocycles. The Hall–Kier alpha value is -0.460. The monoisotopic (exact) mass is 233 g/mol. The number of nitrogens with two attached hydrogens (primary N) is 1. The fourth-order valence-corrected chi connectivity index (χ4v) is 2.69. The maximum Gasteiger partial charge on any atom is 0.238 e. The largest absolute Gasteiger partial charge is 0.368 e. The number of carbonyl (C=O) groups excluding carboxylic acids is 1. The predicted octanol–water partition coefficient (Wildman–Crippen LogP) is -1.49. The van der Waals surface area contributed by atoms with Gasteiger partial charge in [-0.2, -0.15) is 0 Å². The predicted molar refractivity (Wildman–Crippen MR) is 61.0 cm³/mol. The third-order valence-electron chi connectivity index (χ3n) is 2.91. The lowest BCUT2D eigenvalue weighted by Crippen LogP contribution is -2.59. The van der Waals surface area contributed by atoms with Crippen molar-refractivity contribution in [3.05, 3.63) is 0 Å². The van der Waals surface area contributed by atoms with E-state index in [9.17, 15) is 9.00 Å². The zero-order valence-electron chi connectivity index (χ0n) is 9.28. The summed E-state index contributed by atoms with van der Waals surface area (Å²) in [6.45, 7) is 3.92. The van der Waals surface area contributed by atoms with Crippen LogP contribution < -0.4 is 11.1 Å². The van der Waals surface area contributed by atoms with Gasteiger partial charge in [0.15, 0.2) is 0 Å². The van der Waals surface area contributed by atoms with Crippen LogP contribution in [0.25, 0.3) is 0 Å². The third kappa shape index (κ3) is 3.25. The van der Waals surface area contributed by atoms with E-state index >= 15 is 0 Å². The number of rotatable bonds is 4. The highest BCUT2D eigenvalue weighted by Gasteiger charge is 2.32. The molecule has 1 heterocycles. The van der Waals surface area contributed by atoms with Crippen LogP contribution in [0.3, 0.4) is 0 Å². The van der Waals surface area contributed by atoms with Crippen molar-refractivity contribution in [3.8, 4) is 0 Å². The molecule has 0 radical (unpaired) electrons. The summed E-state index contributed by atoms with van der Waals surface area (Å²) >= 11 is 0. The minimum atomic E-state index is -0.696. The van der Waals surface area contributed by atoms with Crippen LogP contribution in [0.2, 0.25) is 0 Å². The molecule has 1 amide bonds. The SMILES string of the molecule is CNC(C)(CN1CCS(=O)CC1)C(N)=O. The molecule has 1 aliphatic rings.